The van der Waals surface area contributed by atoms with E-state index in [1.54, 1.807) is 12.5 Å². The van der Waals surface area contributed by atoms with Gasteiger partial charge in [0.05, 0.1) is 6.33 Å². The average Bonchev–Trinajstić information content (AvgIpc) is 3.21. The molecule has 0 amide bonds. The zero-order valence-electron chi connectivity index (χ0n) is 15.5. The van der Waals surface area contributed by atoms with E-state index in [9.17, 15) is 4.79 Å². The minimum atomic E-state index is -0.314. The summed E-state index contributed by atoms with van der Waals surface area (Å²) in [6.45, 7) is 3.14. The Bertz CT molecular complexity index is 832. The Kier molecular flexibility index (Phi) is 6.63. The summed E-state index contributed by atoms with van der Waals surface area (Å²) in [5.41, 5.74) is 2.03. The molecule has 0 aliphatic heterocycles. The minimum Gasteiger partial charge on any atom is -0.489 e. The molecule has 1 aromatic heterocycles. The SMILES string of the molecule is C[C@@H](OC(=O)CCCn1ccnc1)c1cccc(OCc2ccccc2)c1. The molecule has 0 saturated carbocycles. The number of aromatic nitrogens is 2. The van der Waals surface area contributed by atoms with Gasteiger partial charge in [0.15, 0.2) is 0 Å². The quantitative estimate of drug-likeness (QED) is 0.523. The summed E-state index contributed by atoms with van der Waals surface area (Å²) >= 11 is 0. The smallest absolute Gasteiger partial charge is 0.306 e. The Morgan fingerprint density at radius 1 is 1.15 bits per heavy atom. The van der Waals surface area contributed by atoms with Crippen LogP contribution in [0.2, 0.25) is 0 Å². The van der Waals surface area contributed by atoms with Crippen molar-refractivity contribution >= 4 is 5.97 Å². The van der Waals surface area contributed by atoms with E-state index in [0.29, 0.717) is 13.0 Å². The fourth-order valence-corrected chi connectivity index (χ4v) is 2.75. The van der Waals surface area contributed by atoms with Gasteiger partial charge in [-0.3, -0.25) is 4.79 Å². The van der Waals surface area contributed by atoms with Crippen LogP contribution < -0.4 is 4.74 Å². The lowest BCUT2D eigenvalue weighted by atomic mass is 10.1. The maximum atomic E-state index is 12.1. The van der Waals surface area contributed by atoms with Gasteiger partial charge in [-0.05, 0) is 36.6 Å². The summed E-state index contributed by atoms with van der Waals surface area (Å²) in [6, 6.07) is 17.7. The molecule has 0 N–H and O–H groups in total. The van der Waals surface area contributed by atoms with Crippen molar-refractivity contribution in [2.45, 2.75) is 39.0 Å². The molecule has 0 bridgehead atoms. The third kappa shape index (κ3) is 5.99. The second-order valence-corrected chi connectivity index (χ2v) is 6.38. The lowest BCUT2D eigenvalue weighted by molar-refractivity contribution is -0.148. The van der Waals surface area contributed by atoms with Gasteiger partial charge >= 0.3 is 5.97 Å². The second kappa shape index (κ2) is 9.57. The first-order valence-electron chi connectivity index (χ1n) is 9.12. The van der Waals surface area contributed by atoms with E-state index in [4.69, 9.17) is 9.47 Å². The number of esters is 1. The molecule has 3 rings (SSSR count). The van der Waals surface area contributed by atoms with Crippen molar-refractivity contribution in [2.75, 3.05) is 0 Å². The van der Waals surface area contributed by atoms with Crippen LogP contribution in [0.1, 0.15) is 37.0 Å². The number of aryl methyl sites for hydroxylation is 1. The van der Waals surface area contributed by atoms with Crippen LogP contribution in [0.4, 0.5) is 0 Å². The van der Waals surface area contributed by atoms with Crippen molar-refractivity contribution in [3.63, 3.8) is 0 Å². The van der Waals surface area contributed by atoms with Gasteiger partial charge in [-0.2, -0.15) is 0 Å². The number of imidazole rings is 1. The van der Waals surface area contributed by atoms with Crippen molar-refractivity contribution in [3.8, 4) is 5.75 Å². The highest BCUT2D eigenvalue weighted by Gasteiger charge is 2.12. The number of hydrogen-bond donors (Lipinski definition) is 0. The average molecular weight is 364 g/mol. The largest absolute Gasteiger partial charge is 0.489 e. The van der Waals surface area contributed by atoms with E-state index in [-0.39, 0.29) is 12.1 Å². The van der Waals surface area contributed by atoms with Gasteiger partial charge < -0.3 is 14.0 Å². The monoisotopic (exact) mass is 364 g/mol. The molecule has 3 aromatic rings. The molecule has 0 radical (unpaired) electrons. The lowest BCUT2D eigenvalue weighted by Gasteiger charge is -2.15. The molecule has 1 heterocycles. The standard InChI is InChI=1S/C22H24N2O3/c1-18(27-22(25)11-6-13-24-14-12-23-17-24)20-9-5-10-21(15-20)26-16-19-7-3-2-4-8-19/h2-5,7-10,12,14-15,17-18H,6,11,13,16H2,1H3/t18-/m1/s1. The van der Waals surface area contributed by atoms with Crippen LogP contribution in [0.15, 0.2) is 73.3 Å². The first kappa shape index (κ1) is 18.7. The first-order valence-corrected chi connectivity index (χ1v) is 9.12. The number of carbonyl (C=O) groups excluding carboxylic acids is 1. The van der Waals surface area contributed by atoms with Crippen molar-refractivity contribution < 1.29 is 14.3 Å². The molecular weight excluding hydrogens is 340 g/mol. The van der Waals surface area contributed by atoms with Gasteiger partial charge in [0.25, 0.3) is 0 Å². The highest BCUT2D eigenvalue weighted by molar-refractivity contribution is 5.69. The summed E-state index contributed by atoms with van der Waals surface area (Å²) in [5, 5.41) is 0. The van der Waals surface area contributed by atoms with Crippen LogP contribution in [0.25, 0.3) is 0 Å². The lowest BCUT2D eigenvalue weighted by Crippen LogP contribution is -2.10. The van der Waals surface area contributed by atoms with E-state index >= 15 is 0 Å². The molecule has 1 atom stereocenters. The maximum absolute atomic E-state index is 12.1. The number of ether oxygens (including phenoxy) is 2. The van der Waals surface area contributed by atoms with E-state index in [2.05, 4.69) is 4.98 Å². The van der Waals surface area contributed by atoms with Crippen LogP contribution in [0.3, 0.4) is 0 Å². The van der Waals surface area contributed by atoms with E-state index in [1.807, 2.05) is 72.3 Å². The molecule has 0 spiro atoms. The van der Waals surface area contributed by atoms with E-state index in [1.165, 1.54) is 0 Å². The Balaban J connectivity index is 1.47. The summed E-state index contributed by atoms with van der Waals surface area (Å²) in [4.78, 5) is 16.1. The van der Waals surface area contributed by atoms with Gasteiger partial charge in [0.1, 0.15) is 18.5 Å². The fraction of sp³-hybridized carbons (Fsp3) is 0.273. The molecule has 140 valence electrons. The molecule has 0 aliphatic carbocycles. The molecule has 0 saturated heterocycles. The van der Waals surface area contributed by atoms with Crippen molar-refractivity contribution in [1.29, 1.82) is 0 Å². The highest BCUT2D eigenvalue weighted by Crippen LogP contribution is 2.23. The molecule has 5 heteroatoms. The van der Waals surface area contributed by atoms with Crippen molar-refractivity contribution in [3.05, 3.63) is 84.4 Å². The second-order valence-electron chi connectivity index (χ2n) is 6.38. The third-order valence-electron chi connectivity index (χ3n) is 4.24. The number of benzene rings is 2. The molecule has 5 nitrogen and oxygen atoms in total. The van der Waals surface area contributed by atoms with Gasteiger partial charge in [0.2, 0.25) is 0 Å². The van der Waals surface area contributed by atoms with Crippen LogP contribution in [0.5, 0.6) is 5.75 Å². The van der Waals surface area contributed by atoms with Gasteiger partial charge in [-0.25, -0.2) is 4.98 Å². The fourth-order valence-electron chi connectivity index (χ4n) is 2.75. The predicted molar refractivity (Wildman–Crippen MR) is 103 cm³/mol. The topological polar surface area (TPSA) is 53.4 Å². The van der Waals surface area contributed by atoms with Crippen molar-refractivity contribution in [1.82, 2.24) is 9.55 Å². The predicted octanol–water partition coefficient (Wildman–Crippen LogP) is 4.55. The molecule has 27 heavy (non-hydrogen) atoms. The van der Waals surface area contributed by atoms with Gasteiger partial charge in [-0.15, -0.1) is 0 Å². The molecule has 0 fully saturated rings. The Hall–Kier alpha value is -3.08. The van der Waals surface area contributed by atoms with Crippen LogP contribution in [-0.2, 0) is 22.7 Å². The Morgan fingerprint density at radius 3 is 2.78 bits per heavy atom. The normalized spacial score (nSPS) is 11.7. The Morgan fingerprint density at radius 2 is 2.00 bits per heavy atom. The maximum Gasteiger partial charge on any atom is 0.306 e. The van der Waals surface area contributed by atoms with Crippen molar-refractivity contribution in [2.24, 2.45) is 0 Å². The molecule has 0 unspecified atom stereocenters. The van der Waals surface area contributed by atoms with E-state index in [0.717, 1.165) is 29.8 Å². The Labute approximate surface area is 159 Å². The van der Waals surface area contributed by atoms with E-state index < -0.39 is 0 Å². The van der Waals surface area contributed by atoms with Crippen LogP contribution >= 0.6 is 0 Å². The first-order chi connectivity index (χ1) is 13.2. The molecule has 2 aromatic carbocycles. The summed E-state index contributed by atoms with van der Waals surface area (Å²) < 4.78 is 13.3. The zero-order chi connectivity index (χ0) is 18.9. The van der Waals surface area contributed by atoms with Crippen LogP contribution in [0, 0.1) is 0 Å². The summed E-state index contributed by atoms with van der Waals surface area (Å²) in [7, 11) is 0. The zero-order valence-corrected chi connectivity index (χ0v) is 15.5. The number of nitrogens with zero attached hydrogens (tertiary/aromatic N) is 2. The summed E-state index contributed by atoms with van der Waals surface area (Å²) in [6.07, 6.45) is 6.15. The number of hydrogen-bond acceptors (Lipinski definition) is 4. The number of carbonyl (C=O) groups is 1. The third-order valence-corrected chi connectivity index (χ3v) is 4.24. The molecule has 0 aliphatic rings. The van der Waals surface area contributed by atoms with Gasteiger partial charge in [0, 0.05) is 25.4 Å². The summed E-state index contributed by atoms with van der Waals surface area (Å²) in [5.74, 6) is 0.567. The minimum absolute atomic E-state index is 0.196. The number of rotatable bonds is 9. The highest BCUT2D eigenvalue weighted by atomic mass is 16.5. The van der Waals surface area contributed by atoms with Crippen LogP contribution in [-0.4, -0.2) is 15.5 Å². The van der Waals surface area contributed by atoms with Gasteiger partial charge in [-0.1, -0.05) is 42.5 Å². The molecular formula is C22H24N2O3.